The fourth-order valence-corrected chi connectivity index (χ4v) is 1.01. The maximum Gasteiger partial charge on any atom is 0.340 e. The zero-order valence-electron chi connectivity index (χ0n) is 7.21. The van der Waals surface area contributed by atoms with Gasteiger partial charge in [-0.05, 0) is 11.6 Å². The summed E-state index contributed by atoms with van der Waals surface area (Å²) in [6, 6.07) is 4.46. The quantitative estimate of drug-likeness (QED) is 0.503. The number of carbonyl (C=O) groups excluding carboxylic acids is 1. The predicted molar refractivity (Wildman–Crippen MR) is 47.2 cm³/mol. The highest BCUT2D eigenvalue weighted by Gasteiger charge is 2.13. The summed E-state index contributed by atoms with van der Waals surface area (Å²) in [7, 11) is 6.47. The lowest BCUT2D eigenvalue weighted by molar-refractivity contribution is 0.0595. The van der Waals surface area contributed by atoms with Crippen LogP contribution in [0.15, 0.2) is 18.2 Å². The molecule has 0 bridgehead atoms. The Morgan fingerprint density at radius 3 is 2.85 bits per heavy atom. The predicted octanol–water partition coefficient (Wildman–Crippen LogP) is 1.28. The molecule has 0 aliphatic rings. The van der Waals surface area contributed by atoms with Crippen molar-refractivity contribution in [2.75, 3.05) is 7.11 Å². The fourth-order valence-electron chi connectivity index (χ4n) is 1.01. The van der Waals surface area contributed by atoms with Gasteiger partial charge in [0, 0.05) is 0 Å². The Balaban J connectivity index is 3.15. The van der Waals surface area contributed by atoms with Crippen molar-refractivity contribution in [2.24, 2.45) is 0 Å². The van der Waals surface area contributed by atoms with Crippen LogP contribution in [0.5, 0.6) is 0 Å². The van der Waals surface area contributed by atoms with E-state index in [1.165, 1.54) is 19.2 Å². The van der Waals surface area contributed by atoms with Crippen LogP contribution >= 0.6 is 0 Å². The molecule has 0 aliphatic heterocycles. The minimum Gasteiger partial charge on any atom is -0.465 e. The first-order valence-corrected chi connectivity index (χ1v) is 3.76. The van der Waals surface area contributed by atoms with E-state index in [1.54, 1.807) is 6.07 Å². The van der Waals surface area contributed by atoms with Crippen LogP contribution in [0.4, 0.5) is 4.39 Å². The van der Waals surface area contributed by atoms with Crippen molar-refractivity contribution in [2.45, 2.75) is 6.32 Å². The number of rotatable bonds is 2. The second kappa shape index (κ2) is 4.07. The molecule has 0 heterocycles. The van der Waals surface area contributed by atoms with Gasteiger partial charge in [-0.25, -0.2) is 9.18 Å². The SMILES string of the molecule is [B]Cc1cccc(C(=O)OC)c1F. The molecule has 4 heteroatoms. The van der Waals surface area contributed by atoms with Crippen LogP contribution in [-0.2, 0) is 11.1 Å². The molecule has 1 aromatic rings. The van der Waals surface area contributed by atoms with Gasteiger partial charge in [0.1, 0.15) is 5.82 Å². The molecule has 0 aliphatic carbocycles. The number of esters is 1. The highest BCUT2D eigenvalue weighted by molar-refractivity contribution is 6.08. The lowest BCUT2D eigenvalue weighted by Gasteiger charge is -2.04. The van der Waals surface area contributed by atoms with Crippen LogP contribution in [0, 0.1) is 5.82 Å². The molecule has 2 radical (unpaired) electrons. The van der Waals surface area contributed by atoms with E-state index in [-0.39, 0.29) is 11.9 Å². The third-order valence-electron chi connectivity index (χ3n) is 1.70. The number of hydrogen-bond acceptors (Lipinski definition) is 2. The Labute approximate surface area is 77.1 Å². The summed E-state index contributed by atoms with van der Waals surface area (Å²) in [5.74, 6) is -1.29. The maximum absolute atomic E-state index is 13.3. The van der Waals surface area contributed by atoms with Crippen LogP contribution in [0.3, 0.4) is 0 Å². The van der Waals surface area contributed by atoms with Crippen molar-refractivity contribution >= 4 is 13.8 Å². The molecule has 0 N–H and O–H groups in total. The van der Waals surface area contributed by atoms with E-state index in [0.717, 1.165) is 0 Å². The smallest absolute Gasteiger partial charge is 0.340 e. The summed E-state index contributed by atoms with van der Waals surface area (Å²) in [4.78, 5) is 11.0. The maximum atomic E-state index is 13.3. The van der Waals surface area contributed by atoms with Crippen molar-refractivity contribution in [3.8, 4) is 0 Å². The van der Waals surface area contributed by atoms with E-state index >= 15 is 0 Å². The summed E-state index contributed by atoms with van der Waals surface area (Å²) in [5, 5.41) is 0. The Bertz CT molecular complexity index is 325. The van der Waals surface area contributed by atoms with Crippen LogP contribution < -0.4 is 0 Å². The summed E-state index contributed by atoms with van der Waals surface area (Å²) in [6.07, 6.45) is 0.0661. The second-order valence-corrected chi connectivity index (χ2v) is 2.47. The number of benzene rings is 1. The summed E-state index contributed by atoms with van der Waals surface area (Å²) < 4.78 is 17.7. The molecule has 1 rings (SSSR count). The van der Waals surface area contributed by atoms with Gasteiger partial charge in [0.2, 0.25) is 0 Å². The zero-order valence-corrected chi connectivity index (χ0v) is 7.21. The minimum absolute atomic E-state index is 0.0661. The van der Waals surface area contributed by atoms with Crippen molar-refractivity contribution < 1.29 is 13.9 Å². The van der Waals surface area contributed by atoms with Crippen molar-refractivity contribution in [3.05, 3.63) is 35.1 Å². The van der Waals surface area contributed by atoms with Gasteiger partial charge in [-0.1, -0.05) is 18.5 Å². The summed E-state index contributed by atoms with van der Waals surface area (Å²) in [5.41, 5.74) is 0.230. The van der Waals surface area contributed by atoms with Crippen LogP contribution in [0.1, 0.15) is 15.9 Å². The average molecular weight is 178 g/mol. The molecule has 0 fully saturated rings. The molecule has 1 aromatic carbocycles. The van der Waals surface area contributed by atoms with Crippen LogP contribution in [-0.4, -0.2) is 20.9 Å². The minimum atomic E-state index is -0.687. The largest absolute Gasteiger partial charge is 0.465 e. The van der Waals surface area contributed by atoms with Crippen molar-refractivity contribution in [3.63, 3.8) is 0 Å². The zero-order chi connectivity index (χ0) is 9.84. The molecule has 0 saturated heterocycles. The monoisotopic (exact) mass is 178 g/mol. The van der Waals surface area contributed by atoms with Gasteiger partial charge in [0.05, 0.1) is 20.5 Å². The Morgan fingerprint density at radius 1 is 1.62 bits per heavy atom. The molecular formula is C9H8BFO2. The van der Waals surface area contributed by atoms with E-state index in [2.05, 4.69) is 4.74 Å². The summed E-state index contributed by atoms with van der Waals surface area (Å²) >= 11 is 0. The van der Waals surface area contributed by atoms with E-state index in [0.29, 0.717) is 5.56 Å². The van der Waals surface area contributed by atoms with E-state index < -0.39 is 11.8 Å². The lowest BCUT2D eigenvalue weighted by Crippen LogP contribution is -2.06. The van der Waals surface area contributed by atoms with Crippen molar-refractivity contribution in [1.82, 2.24) is 0 Å². The molecule has 0 atom stereocenters. The van der Waals surface area contributed by atoms with Gasteiger partial charge in [-0.2, -0.15) is 0 Å². The van der Waals surface area contributed by atoms with Gasteiger partial charge < -0.3 is 4.74 Å². The molecule has 0 spiro atoms. The number of hydrogen-bond donors (Lipinski definition) is 0. The first-order chi connectivity index (χ1) is 6.20. The molecule has 0 saturated carbocycles. The summed E-state index contributed by atoms with van der Waals surface area (Å²) in [6.45, 7) is 0. The highest BCUT2D eigenvalue weighted by Crippen LogP contribution is 2.13. The molecule has 0 amide bonds. The lowest BCUT2D eigenvalue weighted by atomic mass is 9.95. The van der Waals surface area contributed by atoms with Gasteiger partial charge in [-0.15, -0.1) is 0 Å². The highest BCUT2D eigenvalue weighted by atomic mass is 19.1. The van der Waals surface area contributed by atoms with Gasteiger partial charge in [0.25, 0.3) is 0 Å². The molecular weight excluding hydrogens is 170 g/mol. The van der Waals surface area contributed by atoms with Gasteiger partial charge in [0.15, 0.2) is 0 Å². The Morgan fingerprint density at radius 2 is 2.31 bits per heavy atom. The van der Waals surface area contributed by atoms with E-state index in [1.807, 2.05) is 0 Å². The number of methoxy groups -OCH3 is 1. The standard InChI is InChI=1S/C9H8BFO2/c1-13-9(12)7-4-2-3-6(5-10)8(7)11/h2-4H,5H2,1H3. The van der Waals surface area contributed by atoms with E-state index in [4.69, 9.17) is 7.85 Å². The molecule has 0 unspecified atom stereocenters. The van der Waals surface area contributed by atoms with E-state index in [9.17, 15) is 9.18 Å². The third-order valence-corrected chi connectivity index (χ3v) is 1.70. The first kappa shape index (κ1) is 9.77. The fraction of sp³-hybridized carbons (Fsp3) is 0.222. The topological polar surface area (TPSA) is 26.3 Å². The number of halogens is 1. The number of carbonyl (C=O) groups is 1. The molecule has 66 valence electrons. The van der Waals surface area contributed by atoms with Crippen molar-refractivity contribution in [1.29, 1.82) is 0 Å². The molecule has 13 heavy (non-hydrogen) atoms. The second-order valence-electron chi connectivity index (χ2n) is 2.47. The van der Waals surface area contributed by atoms with Crippen LogP contribution in [0.25, 0.3) is 0 Å². The third kappa shape index (κ3) is 1.88. The molecule has 2 nitrogen and oxygen atoms in total. The number of ether oxygens (including phenoxy) is 1. The van der Waals surface area contributed by atoms with Gasteiger partial charge in [-0.3, -0.25) is 0 Å². The molecule has 0 aromatic heterocycles. The van der Waals surface area contributed by atoms with Crippen LogP contribution in [0.2, 0.25) is 0 Å². The Kier molecular flexibility index (Phi) is 3.06. The normalized spacial score (nSPS) is 9.69. The van der Waals surface area contributed by atoms with Gasteiger partial charge >= 0.3 is 5.97 Å². The first-order valence-electron chi connectivity index (χ1n) is 3.76. The average Bonchev–Trinajstić information content (AvgIpc) is 2.17. The Hall–Kier alpha value is -1.32.